The summed E-state index contributed by atoms with van der Waals surface area (Å²) in [5, 5.41) is 12.7. The van der Waals surface area contributed by atoms with Crippen LogP contribution >= 0.6 is 0 Å². The monoisotopic (exact) mass is 971 g/mol. The van der Waals surface area contributed by atoms with Crippen molar-refractivity contribution in [2.75, 3.05) is 52.4 Å². The van der Waals surface area contributed by atoms with Gasteiger partial charge in [-0.25, -0.2) is 17.3 Å². The lowest BCUT2D eigenvalue weighted by Gasteiger charge is -2.35. The number of carboxylic acid groups (broad SMARTS) is 1. The molecular weight excluding hydrogens is 911 g/mol. The van der Waals surface area contributed by atoms with E-state index in [4.69, 9.17) is 4.42 Å². The highest BCUT2D eigenvalue weighted by atomic mass is 32.2. The molecule has 13 heteroatoms. The number of benzene rings is 6. The Balaban J connectivity index is 0.915. The number of amides is 2. The summed E-state index contributed by atoms with van der Waals surface area (Å²) in [5.74, 6) is -0.970. The third-order valence-electron chi connectivity index (χ3n) is 13.9. The van der Waals surface area contributed by atoms with Crippen LogP contribution < -0.4 is 14.5 Å². The summed E-state index contributed by atoms with van der Waals surface area (Å²) >= 11 is 0. The highest BCUT2D eigenvalue weighted by molar-refractivity contribution is 7.89. The molecular formula is C58H61N5O7S+2. The van der Waals surface area contributed by atoms with E-state index in [-0.39, 0.29) is 35.8 Å². The van der Waals surface area contributed by atoms with Gasteiger partial charge >= 0.3 is 5.97 Å². The number of hydrogen-bond donors (Lipinski definition) is 1. The molecule has 0 saturated carbocycles. The van der Waals surface area contributed by atoms with Crippen molar-refractivity contribution in [2.24, 2.45) is 0 Å². The maximum atomic E-state index is 14.8. The molecule has 364 valence electrons. The van der Waals surface area contributed by atoms with E-state index in [1.165, 1.54) is 12.1 Å². The molecule has 1 aliphatic carbocycles. The lowest BCUT2D eigenvalue weighted by molar-refractivity contribution is -0.645. The van der Waals surface area contributed by atoms with Crippen LogP contribution in [0.2, 0.25) is 0 Å². The van der Waals surface area contributed by atoms with Crippen molar-refractivity contribution < 1.29 is 36.9 Å². The Morgan fingerprint density at radius 3 is 2.03 bits per heavy atom. The van der Waals surface area contributed by atoms with Gasteiger partial charge in [0.15, 0.2) is 0 Å². The van der Waals surface area contributed by atoms with E-state index >= 15 is 0 Å². The molecule has 9 rings (SSSR count). The predicted molar refractivity (Wildman–Crippen MR) is 279 cm³/mol. The van der Waals surface area contributed by atoms with Crippen LogP contribution in [-0.4, -0.2) is 97.8 Å². The van der Waals surface area contributed by atoms with Crippen LogP contribution in [0.5, 0.6) is 0 Å². The second-order valence-electron chi connectivity index (χ2n) is 18.5. The summed E-state index contributed by atoms with van der Waals surface area (Å²) in [5.41, 5.74) is 8.13. The minimum atomic E-state index is -4.34. The summed E-state index contributed by atoms with van der Waals surface area (Å²) in [6.07, 6.45) is 1.41. The Labute approximate surface area is 415 Å². The van der Waals surface area contributed by atoms with Gasteiger partial charge in [0.05, 0.1) is 27.3 Å². The minimum Gasteiger partial charge on any atom is -0.481 e. The molecule has 0 unspecified atom stereocenters. The highest BCUT2D eigenvalue weighted by Crippen LogP contribution is 2.41. The molecule has 71 heavy (non-hydrogen) atoms. The van der Waals surface area contributed by atoms with Gasteiger partial charge in [-0.1, -0.05) is 72.3 Å². The van der Waals surface area contributed by atoms with E-state index in [9.17, 15) is 27.9 Å². The first kappa shape index (κ1) is 48.8. The molecule has 1 N–H and O–H groups in total. The number of carboxylic acids is 1. The van der Waals surface area contributed by atoms with Crippen molar-refractivity contribution in [3.63, 3.8) is 0 Å². The number of fused-ring (bicyclic) bond motifs is 4. The van der Waals surface area contributed by atoms with Crippen molar-refractivity contribution in [1.29, 1.82) is 0 Å². The summed E-state index contributed by atoms with van der Waals surface area (Å²) in [6.45, 7) is 13.9. The first-order chi connectivity index (χ1) is 34.4. The van der Waals surface area contributed by atoms with Gasteiger partial charge in [0.2, 0.25) is 16.4 Å². The zero-order chi connectivity index (χ0) is 49.8. The van der Waals surface area contributed by atoms with Crippen LogP contribution in [0.4, 0.5) is 0 Å². The van der Waals surface area contributed by atoms with Crippen LogP contribution in [0, 0.1) is 13.8 Å². The molecule has 12 nitrogen and oxygen atoms in total. The minimum absolute atomic E-state index is 0.0161. The Bertz CT molecular complexity index is 3410. The fourth-order valence-electron chi connectivity index (χ4n) is 10.2. The summed E-state index contributed by atoms with van der Waals surface area (Å²) < 4.78 is 40.4. The third-order valence-corrected chi connectivity index (χ3v) is 15.7. The van der Waals surface area contributed by atoms with Gasteiger partial charge in [0.25, 0.3) is 21.8 Å². The van der Waals surface area contributed by atoms with Crippen LogP contribution in [0.1, 0.15) is 71.4 Å². The van der Waals surface area contributed by atoms with Crippen molar-refractivity contribution >= 4 is 60.6 Å². The molecule has 0 atom stereocenters. The predicted octanol–water partition coefficient (Wildman–Crippen LogP) is 9.16. The van der Waals surface area contributed by atoms with E-state index in [0.717, 1.165) is 111 Å². The van der Waals surface area contributed by atoms with Gasteiger partial charge in [-0.2, -0.15) is 4.57 Å². The number of carbonyl (C=O) groups excluding carboxylic acids is 2. The number of nitrogens with zero attached hydrogens (tertiary/aromatic N) is 5. The number of aliphatic carboxylic acids is 1. The number of para-hydroxylation sites is 2. The maximum Gasteiger partial charge on any atom is 0.303 e. The van der Waals surface area contributed by atoms with E-state index in [1.54, 1.807) is 12.1 Å². The third kappa shape index (κ3) is 9.94. The largest absolute Gasteiger partial charge is 0.481 e. The van der Waals surface area contributed by atoms with E-state index in [0.29, 0.717) is 36.0 Å². The van der Waals surface area contributed by atoms with Crippen LogP contribution in [0.15, 0.2) is 143 Å². The van der Waals surface area contributed by atoms with E-state index in [1.807, 2.05) is 78.6 Å². The topological polar surface area (TPSA) is 135 Å². The standard InChI is InChI=1S/C58H60N5O7S/c1-5-60(6-2)42-26-30-49-53(39-42)70-52-38-41(4)25-29-48(52)55(49)44-16-7-8-17-45(44)57(66)61-36-34-59(35-37-61)31-13-14-32-62-50-20-11-9-18-46(50)56(47-19-10-12-21-51(47)62)58(67)63(33-15-22-54(64)65)71(68,69)43-27-23-40(3)24-28-43/h7-12,16-21,23-30,38-39H,5-6,13-15,22,31-37H2,1-4H3/q+1/p+1. The molecule has 0 radical (unpaired) electrons. The molecule has 1 fully saturated rings. The quantitative estimate of drug-likeness (QED) is 0.0576. The number of rotatable bonds is 16. The van der Waals surface area contributed by atoms with Crippen LogP contribution in [0.3, 0.4) is 0 Å². The molecule has 3 aliphatic rings. The normalized spacial score (nSPS) is 13.3. The summed E-state index contributed by atoms with van der Waals surface area (Å²) in [4.78, 5) is 45.3. The van der Waals surface area contributed by atoms with Gasteiger partial charge < -0.3 is 14.4 Å². The SMILES string of the molecule is CC[N+](CC)=c1ccc2c(-c3ccccc3C(=O)N3CCN(CCCC[n+]4c5ccccc5c(C(=O)N(CCCC(=O)O)S(=O)(=O)c5ccc(C)cc5)c5ccccc54)CC3)c3ccc(C)cc3oc-2c1. The number of piperazine rings is 1. The van der Waals surface area contributed by atoms with Crippen LogP contribution in [-0.2, 0) is 21.4 Å². The summed E-state index contributed by atoms with van der Waals surface area (Å²) in [6, 6.07) is 42.1. The van der Waals surface area contributed by atoms with Gasteiger partial charge in [-0.15, -0.1) is 0 Å². The Kier molecular flexibility index (Phi) is 14.4. The molecule has 1 aromatic heterocycles. The number of aromatic nitrogens is 1. The van der Waals surface area contributed by atoms with E-state index in [2.05, 4.69) is 77.3 Å². The Morgan fingerprint density at radius 1 is 0.704 bits per heavy atom. The fraction of sp³-hybridized carbons (Fsp3) is 0.293. The zero-order valence-corrected chi connectivity index (χ0v) is 41.8. The van der Waals surface area contributed by atoms with Gasteiger partial charge in [0, 0.05) is 85.8 Å². The van der Waals surface area contributed by atoms with Gasteiger partial charge in [-0.05, 0) is 101 Å². The first-order valence-corrected chi connectivity index (χ1v) is 26.2. The molecule has 0 spiro atoms. The van der Waals surface area contributed by atoms with Crippen LogP contribution in [0.25, 0.3) is 55.2 Å². The van der Waals surface area contributed by atoms with Gasteiger partial charge in [0.1, 0.15) is 31.0 Å². The van der Waals surface area contributed by atoms with Crippen molar-refractivity contribution in [2.45, 2.75) is 64.8 Å². The number of unbranched alkanes of at least 4 members (excludes halogenated alkanes) is 1. The van der Waals surface area contributed by atoms with Gasteiger partial charge in [-0.3, -0.25) is 19.3 Å². The van der Waals surface area contributed by atoms with Crippen molar-refractivity contribution in [3.8, 4) is 22.5 Å². The number of sulfonamides is 1. The maximum absolute atomic E-state index is 14.8. The van der Waals surface area contributed by atoms with Crippen molar-refractivity contribution in [1.82, 2.24) is 18.7 Å². The molecule has 1 saturated heterocycles. The fourth-order valence-corrected chi connectivity index (χ4v) is 11.6. The summed E-state index contributed by atoms with van der Waals surface area (Å²) in [7, 11) is -4.34. The smallest absolute Gasteiger partial charge is 0.303 e. The first-order valence-electron chi connectivity index (χ1n) is 24.7. The molecule has 2 aliphatic heterocycles. The second-order valence-corrected chi connectivity index (χ2v) is 20.3. The molecule has 0 bridgehead atoms. The second kappa shape index (κ2) is 21.0. The van der Waals surface area contributed by atoms with Crippen molar-refractivity contribution in [3.05, 3.63) is 161 Å². The zero-order valence-electron chi connectivity index (χ0n) is 40.9. The number of carbonyl (C=O) groups is 3. The molecule has 3 heterocycles. The molecule has 5 aromatic carbocycles. The molecule has 6 aromatic rings. The average Bonchev–Trinajstić information content (AvgIpc) is 3.38. The van der Waals surface area contributed by atoms with E-state index < -0.39 is 21.9 Å². The lowest BCUT2D eigenvalue weighted by atomic mass is 9.90. The number of aryl methyl sites for hydroxylation is 3. The molecule has 2 amide bonds. The average molecular weight is 972 g/mol. The lowest BCUT2D eigenvalue weighted by Crippen LogP contribution is -2.49. The number of hydrogen-bond acceptors (Lipinski definition) is 7. The highest BCUT2D eigenvalue weighted by Gasteiger charge is 2.35. The number of pyridine rings is 1. The Morgan fingerprint density at radius 2 is 1.35 bits per heavy atom. The Hall–Kier alpha value is -7.22.